The van der Waals surface area contributed by atoms with Crippen molar-refractivity contribution >= 4 is 29.8 Å². The van der Waals surface area contributed by atoms with Crippen LogP contribution in [0.25, 0.3) is 0 Å². The third-order valence-corrected chi connectivity index (χ3v) is 2.64. The number of amides is 7. The molecule has 1 heterocycles. The van der Waals surface area contributed by atoms with Gasteiger partial charge in [0.15, 0.2) is 0 Å². The maximum absolute atomic E-state index is 12.0. The zero-order chi connectivity index (χ0) is 16.9. The van der Waals surface area contributed by atoms with Crippen LogP contribution in [-0.2, 0) is 14.4 Å². The number of hydrogen-bond donors (Lipinski definition) is 2. The molecule has 0 aromatic rings. The van der Waals surface area contributed by atoms with E-state index in [4.69, 9.17) is 0 Å². The second-order valence-electron chi connectivity index (χ2n) is 5.03. The summed E-state index contributed by atoms with van der Waals surface area (Å²) in [6, 6.07) is -1.64. The molecule has 0 unspecified atom stereocenters. The third kappa shape index (κ3) is 4.14. The lowest BCUT2D eigenvalue weighted by Crippen LogP contribution is -2.46. The first-order valence-electron chi connectivity index (χ1n) is 6.63. The highest BCUT2D eigenvalue weighted by Crippen LogP contribution is 2.13. The van der Waals surface area contributed by atoms with Gasteiger partial charge in [-0.3, -0.25) is 24.6 Å². The van der Waals surface area contributed by atoms with Crippen LogP contribution >= 0.6 is 0 Å². The second-order valence-corrected chi connectivity index (χ2v) is 5.03. The summed E-state index contributed by atoms with van der Waals surface area (Å²) in [5.74, 6) is -2.93. The molecule has 1 fully saturated rings. The van der Waals surface area contributed by atoms with Gasteiger partial charge >= 0.3 is 23.9 Å². The molecule has 1 aliphatic rings. The highest BCUT2D eigenvalue weighted by molar-refractivity contribution is 6.45. The average Bonchev–Trinajstić information content (AvgIpc) is 2.62. The molecule has 0 aromatic carbocycles. The van der Waals surface area contributed by atoms with Crippen LogP contribution in [0.3, 0.4) is 0 Å². The molecule has 2 N–H and O–H groups in total. The van der Waals surface area contributed by atoms with Crippen molar-refractivity contribution in [3.8, 4) is 0 Å². The van der Waals surface area contributed by atoms with Gasteiger partial charge in [-0.05, 0) is 5.92 Å². The zero-order valence-corrected chi connectivity index (χ0v) is 12.4. The molecule has 7 amide bonds. The highest BCUT2D eigenvalue weighted by Gasteiger charge is 2.45. The van der Waals surface area contributed by atoms with Gasteiger partial charge in [-0.15, -0.1) is 6.58 Å². The van der Waals surface area contributed by atoms with E-state index in [1.807, 2.05) is 5.32 Å². The highest BCUT2D eigenvalue weighted by atomic mass is 16.2. The molecule has 1 saturated heterocycles. The fraction of sp³-hybridized carbons (Fsp3) is 0.462. The SMILES string of the molecule is C=CCNC(=O)NC(=O)CN1C(=O)C(=O)N(CC(C)C)C1=O. The van der Waals surface area contributed by atoms with Gasteiger partial charge in [0.2, 0.25) is 5.91 Å². The predicted molar refractivity (Wildman–Crippen MR) is 75.4 cm³/mol. The molecule has 22 heavy (non-hydrogen) atoms. The van der Waals surface area contributed by atoms with Gasteiger partial charge in [0.05, 0.1) is 0 Å². The van der Waals surface area contributed by atoms with Gasteiger partial charge in [-0.25, -0.2) is 14.5 Å². The van der Waals surface area contributed by atoms with Crippen molar-refractivity contribution in [3.05, 3.63) is 12.7 Å². The first-order chi connectivity index (χ1) is 10.3. The number of carbonyl (C=O) groups excluding carboxylic acids is 5. The van der Waals surface area contributed by atoms with E-state index in [-0.39, 0.29) is 19.0 Å². The van der Waals surface area contributed by atoms with E-state index in [2.05, 4.69) is 11.9 Å². The van der Waals surface area contributed by atoms with Crippen LogP contribution in [0, 0.1) is 5.92 Å². The molecule has 0 atom stereocenters. The normalized spacial score (nSPS) is 14.6. The standard InChI is InChI=1S/C13H18N4O5/c1-4-5-14-12(21)15-9(18)7-17-11(20)10(19)16(13(17)22)6-8(2)3/h4,8H,1,5-7H2,2-3H3,(H2,14,15,18,21). The van der Waals surface area contributed by atoms with Crippen LogP contribution in [0.4, 0.5) is 9.59 Å². The fourth-order valence-corrected chi connectivity index (χ4v) is 1.73. The number of imide groups is 3. The molecule has 0 aliphatic carbocycles. The van der Waals surface area contributed by atoms with Gasteiger partial charge in [0, 0.05) is 13.1 Å². The van der Waals surface area contributed by atoms with Crippen molar-refractivity contribution in [2.24, 2.45) is 5.92 Å². The van der Waals surface area contributed by atoms with E-state index in [0.29, 0.717) is 4.90 Å². The van der Waals surface area contributed by atoms with Crippen LogP contribution in [0.1, 0.15) is 13.8 Å². The lowest BCUT2D eigenvalue weighted by atomic mass is 10.2. The minimum absolute atomic E-state index is 0.0147. The van der Waals surface area contributed by atoms with Gasteiger partial charge in [0.25, 0.3) is 0 Å². The van der Waals surface area contributed by atoms with Crippen molar-refractivity contribution in [2.75, 3.05) is 19.6 Å². The summed E-state index contributed by atoms with van der Waals surface area (Å²) in [6.07, 6.45) is 1.42. The summed E-state index contributed by atoms with van der Waals surface area (Å²) >= 11 is 0. The lowest BCUT2D eigenvalue weighted by Gasteiger charge is -2.16. The Morgan fingerprint density at radius 3 is 2.32 bits per heavy atom. The number of carbonyl (C=O) groups is 5. The van der Waals surface area contributed by atoms with E-state index in [0.717, 1.165) is 4.90 Å². The van der Waals surface area contributed by atoms with Crippen molar-refractivity contribution in [3.63, 3.8) is 0 Å². The summed E-state index contributed by atoms with van der Waals surface area (Å²) in [7, 11) is 0. The molecule has 9 nitrogen and oxygen atoms in total. The maximum atomic E-state index is 12.0. The summed E-state index contributed by atoms with van der Waals surface area (Å²) < 4.78 is 0. The smallest absolute Gasteiger partial charge is 0.334 e. The van der Waals surface area contributed by atoms with E-state index in [1.165, 1.54) is 6.08 Å². The Bertz CT molecular complexity index is 529. The van der Waals surface area contributed by atoms with Gasteiger partial charge in [-0.2, -0.15) is 0 Å². The Kier molecular flexibility index (Phi) is 5.79. The Balaban J connectivity index is 2.65. The second kappa shape index (κ2) is 7.34. The third-order valence-electron chi connectivity index (χ3n) is 2.64. The maximum Gasteiger partial charge on any atom is 0.334 e. The van der Waals surface area contributed by atoms with Crippen molar-refractivity contribution in [1.82, 2.24) is 20.4 Å². The largest absolute Gasteiger partial charge is 0.334 e. The van der Waals surface area contributed by atoms with E-state index in [1.54, 1.807) is 13.8 Å². The predicted octanol–water partition coefficient (Wildman–Crippen LogP) is -0.555. The molecule has 1 aliphatic heterocycles. The van der Waals surface area contributed by atoms with Crippen LogP contribution in [0.2, 0.25) is 0 Å². The summed E-state index contributed by atoms with van der Waals surface area (Å²) in [6.45, 7) is 6.50. The van der Waals surface area contributed by atoms with Crippen LogP contribution < -0.4 is 10.6 Å². The molecular formula is C13H18N4O5. The van der Waals surface area contributed by atoms with E-state index < -0.39 is 36.3 Å². The molecule has 120 valence electrons. The number of rotatable bonds is 6. The fourth-order valence-electron chi connectivity index (χ4n) is 1.73. The first-order valence-corrected chi connectivity index (χ1v) is 6.63. The summed E-state index contributed by atoms with van der Waals surface area (Å²) in [5, 5.41) is 4.24. The molecule has 0 saturated carbocycles. The Morgan fingerprint density at radius 1 is 1.18 bits per heavy atom. The molecular weight excluding hydrogens is 292 g/mol. The summed E-state index contributed by atoms with van der Waals surface area (Å²) in [5.41, 5.74) is 0. The lowest BCUT2D eigenvalue weighted by molar-refractivity contribution is -0.144. The number of nitrogens with zero attached hydrogens (tertiary/aromatic N) is 2. The molecule has 0 spiro atoms. The number of urea groups is 2. The van der Waals surface area contributed by atoms with Gasteiger partial charge < -0.3 is 5.32 Å². The summed E-state index contributed by atoms with van der Waals surface area (Å²) in [4.78, 5) is 59.6. The van der Waals surface area contributed by atoms with Gasteiger partial charge in [-0.1, -0.05) is 19.9 Å². The molecule has 0 bridgehead atoms. The number of hydrogen-bond acceptors (Lipinski definition) is 5. The first kappa shape index (κ1) is 17.3. The quantitative estimate of drug-likeness (QED) is 0.388. The number of nitrogens with one attached hydrogen (secondary N) is 2. The molecule has 0 radical (unpaired) electrons. The Morgan fingerprint density at radius 2 is 1.77 bits per heavy atom. The van der Waals surface area contributed by atoms with Gasteiger partial charge in [0.1, 0.15) is 6.54 Å². The van der Waals surface area contributed by atoms with Crippen molar-refractivity contribution in [2.45, 2.75) is 13.8 Å². The Hall–Kier alpha value is -2.71. The van der Waals surface area contributed by atoms with E-state index >= 15 is 0 Å². The van der Waals surface area contributed by atoms with Crippen LogP contribution in [0.5, 0.6) is 0 Å². The van der Waals surface area contributed by atoms with E-state index in [9.17, 15) is 24.0 Å². The van der Waals surface area contributed by atoms with Crippen molar-refractivity contribution < 1.29 is 24.0 Å². The Labute approximate surface area is 127 Å². The van der Waals surface area contributed by atoms with Crippen LogP contribution in [0.15, 0.2) is 12.7 Å². The molecule has 9 heteroatoms. The van der Waals surface area contributed by atoms with Crippen LogP contribution in [-0.4, -0.2) is 59.2 Å². The van der Waals surface area contributed by atoms with Crippen molar-refractivity contribution in [1.29, 1.82) is 0 Å². The zero-order valence-electron chi connectivity index (χ0n) is 12.4. The monoisotopic (exact) mass is 310 g/mol. The minimum Gasteiger partial charge on any atom is -0.334 e. The minimum atomic E-state index is -1.08. The molecule has 0 aromatic heterocycles. The average molecular weight is 310 g/mol. The molecule has 1 rings (SSSR count). The topological polar surface area (TPSA) is 116 Å².